The maximum Gasteiger partial charge on any atom is 0.236 e. The van der Waals surface area contributed by atoms with Gasteiger partial charge >= 0.3 is 0 Å². The third kappa shape index (κ3) is 4.04. The minimum absolute atomic E-state index is 0.116. The first-order valence-electron chi connectivity index (χ1n) is 6.12. The van der Waals surface area contributed by atoms with E-state index in [1.807, 2.05) is 50.2 Å². The molecule has 1 rings (SSSR count). The van der Waals surface area contributed by atoms with Gasteiger partial charge in [0.25, 0.3) is 0 Å². The van der Waals surface area contributed by atoms with E-state index in [2.05, 4.69) is 0 Å². The Hall–Kier alpha value is -1.55. The molecule has 1 amide bonds. The molecule has 0 unspecified atom stereocenters. The third-order valence-electron chi connectivity index (χ3n) is 2.97. The monoisotopic (exact) mass is 250 g/mol. The number of carbonyl (C=O) groups is 1. The van der Waals surface area contributed by atoms with Crippen LogP contribution in [0.15, 0.2) is 24.3 Å². The van der Waals surface area contributed by atoms with E-state index in [1.165, 1.54) is 0 Å². The van der Waals surface area contributed by atoms with E-state index in [4.69, 9.17) is 4.74 Å². The van der Waals surface area contributed by atoms with Gasteiger partial charge in [0.05, 0.1) is 13.7 Å². The van der Waals surface area contributed by atoms with Gasteiger partial charge < -0.3 is 9.64 Å². The lowest BCUT2D eigenvalue weighted by Crippen LogP contribution is -2.36. The highest BCUT2D eigenvalue weighted by Gasteiger charge is 2.12. The van der Waals surface area contributed by atoms with Gasteiger partial charge in [0, 0.05) is 19.2 Å². The largest absolute Gasteiger partial charge is 0.496 e. The van der Waals surface area contributed by atoms with Crippen LogP contribution in [-0.2, 0) is 11.3 Å². The van der Waals surface area contributed by atoms with Crippen LogP contribution in [0.1, 0.15) is 12.5 Å². The van der Waals surface area contributed by atoms with E-state index < -0.39 is 0 Å². The molecular weight excluding hydrogens is 228 g/mol. The Bertz CT molecular complexity index is 393. The molecule has 0 aromatic heterocycles. The highest BCUT2D eigenvalue weighted by atomic mass is 16.5. The number of para-hydroxylation sites is 1. The van der Waals surface area contributed by atoms with Crippen molar-refractivity contribution < 1.29 is 9.53 Å². The molecule has 1 aromatic rings. The third-order valence-corrected chi connectivity index (χ3v) is 2.97. The fourth-order valence-corrected chi connectivity index (χ4v) is 1.64. The number of hydrogen-bond acceptors (Lipinski definition) is 3. The Morgan fingerprint density at radius 1 is 1.28 bits per heavy atom. The molecule has 0 bridgehead atoms. The normalized spacial score (nSPS) is 10.5. The Labute approximate surface area is 109 Å². The fraction of sp³-hybridized carbons (Fsp3) is 0.500. The van der Waals surface area contributed by atoms with Crippen molar-refractivity contribution in [1.29, 1.82) is 0 Å². The molecule has 0 aliphatic carbocycles. The smallest absolute Gasteiger partial charge is 0.236 e. The summed E-state index contributed by atoms with van der Waals surface area (Å²) in [6, 6.07) is 7.77. The van der Waals surface area contributed by atoms with Crippen LogP contribution >= 0.6 is 0 Å². The van der Waals surface area contributed by atoms with Crippen molar-refractivity contribution in [3.8, 4) is 5.75 Å². The molecule has 0 heterocycles. The van der Waals surface area contributed by atoms with E-state index in [0.29, 0.717) is 13.1 Å². The second kappa shape index (κ2) is 7.01. The summed E-state index contributed by atoms with van der Waals surface area (Å²) in [7, 11) is 5.40. The highest BCUT2D eigenvalue weighted by Crippen LogP contribution is 2.18. The quantitative estimate of drug-likeness (QED) is 0.769. The first kappa shape index (κ1) is 14.5. The molecule has 1 aromatic carbocycles. The van der Waals surface area contributed by atoms with Gasteiger partial charge in [0.15, 0.2) is 0 Å². The van der Waals surface area contributed by atoms with E-state index in [-0.39, 0.29) is 5.91 Å². The zero-order valence-electron chi connectivity index (χ0n) is 11.6. The zero-order chi connectivity index (χ0) is 13.5. The van der Waals surface area contributed by atoms with Crippen LogP contribution in [-0.4, -0.2) is 50.0 Å². The van der Waals surface area contributed by atoms with Gasteiger partial charge in [-0.25, -0.2) is 0 Å². The Morgan fingerprint density at radius 2 is 1.94 bits per heavy atom. The van der Waals surface area contributed by atoms with Crippen LogP contribution in [0.5, 0.6) is 5.75 Å². The van der Waals surface area contributed by atoms with E-state index >= 15 is 0 Å². The predicted molar refractivity (Wildman–Crippen MR) is 72.6 cm³/mol. The first-order chi connectivity index (χ1) is 8.58. The summed E-state index contributed by atoms with van der Waals surface area (Å²) in [5.41, 5.74) is 1.02. The summed E-state index contributed by atoms with van der Waals surface area (Å²) >= 11 is 0. The van der Waals surface area contributed by atoms with Crippen LogP contribution in [0.25, 0.3) is 0 Å². The topological polar surface area (TPSA) is 32.8 Å². The second-order valence-corrected chi connectivity index (χ2v) is 4.39. The van der Waals surface area contributed by atoms with Crippen molar-refractivity contribution in [1.82, 2.24) is 9.80 Å². The van der Waals surface area contributed by atoms with Crippen molar-refractivity contribution >= 4 is 5.91 Å². The molecule has 18 heavy (non-hydrogen) atoms. The number of amides is 1. The molecule has 4 nitrogen and oxygen atoms in total. The molecule has 4 heteroatoms. The maximum atomic E-state index is 12.0. The maximum absolute atomic E-state index is 12.0. The summed E-state index contributed by atoms with van der Waals surface area (Å²) < 4.78 is 5.28. The number of nitrogens with zero attached hydrogens (tertiary/aromatic N) is 2. The molecule has 100 valence electrons. The molecule has 0 spiro atoms. The average molecular weight is 250 g/mol. The van der Waals surface area contributed by atoms with Gasteiger partial charge in [-0.1, -0.05) is 25.1 Å². The minimum Gasteiger partial charge on any atom is -0.496 e. The van der Waals surface area contributed by atoms with Crippen LogP contribution in [0.2, 0.25) is 0 Å². The molecule has 0 saturated carbocycles. The second-order valence-electron chi connectivity index (χ2n) is 4.39. The molecule has 0 radical (unpaired) electrons. The molecular formula is C14H22N2O2. The average Bonchev–Trinajstić information content (AvgIpc) is 2.39. The summed E-state index contributed by atoms with van der Waals surface area (Å²) in [5.74, 6) is 0.936. The molecule has 0 aliphatic rings. The van der Waals surface area contributed by atoms with Crippen LogP contribution in [0.3, 0.4) is 0 Å². The van der Waals surface area contributed by atoms with Gasteiger partial charge in [0.1, 0.15) is 5.75 Å². The number of methoxy groups -OCH3 is 1. The van der Waals surface area contributed by atoms with Crippen LogP contribution in [0.4, 0.5) is 0 Å². The first-order valence-corrected chi connectivity index (χ1v) is 6.12. The molecule has 0 atom stereocenters. The van der Waals surface area contributed by atoms with Crippen molar-refractivity contribution in [3.63, 3.8) is 0 Å². The molecule has 0 fully saturated rings. The lowest BCUT2D eigenvalue weighted by Gasteiger charge is -2.21. The van der Waals surface area contributed by atoms with Crippen LogP contribution < -0.4 is 4.74 Å². The predicted octanol–water partition coefficient (Wildman–Crippen LogP) is 1.61. The van der Waals surface area contributed by atoms with E-state index in [9.17, 15) is 4.79 Å². The minimum atomic E-state index is 0.116. The van der Waals surface area contributed by atoms with Crippen molar-refractivity contribution in [3.05, 3.63) is 29.8 Å². The molecule has 0 aliphatic heterocycles. The fourth-order valence-electron chi connectivity index (χ4n) is 1.64. The van der Waals surface area contributed by atoms with E-state index in [1.54, 1.807) is 12.0 Å². The van der Waals surface area contributed by atoms with Crippen molar-refractivity contribution in [2.75, 3.05) is 34.3 Å². The summed E-state index contributed by atoms with van der Waals surface area (Å²) in [5, 5.41) is 0. The van der Waals surface area contributed by atoms with Gasteiger partial charge in [0.2, 0.25) is 5.91 Å². The van der Waals surface area contributed by atoms with Crippen molar-refractivity contribution in [2.24, 2.45) is 0 Å². The van der Waals surface area contributed by atoms with Gasteiger partial charge in [-0.15, -0.1) is 0 Å². The summed E-state index contributed by atoms with van der Waals surface area (Å²) in [6.07, 6.45) is 0. The number of benzene rings is 1. The number of rotatable bonds is 6. The van der Waals surface area contributed by atoms with Gasteiger partial charge in [-0.3, -0.25) is 9.69 Å². The van der Waals surface area contributed by atoms with Crippen molar-refractivity contribution in [2.45, 2.75) is 13.5 Å². The number of hydrogen-bond donors (Lipinski definition) is 0. The Balaban J connectivity index is 2.63. The highest BCUT2D eigenvalue weighted by molar-refractivity contribution is 5.78. The number of carbonyl (C=O) groups excluding carboxylic acids is 1. The molecule has 0 N–H and O–H groups in total. The Morgan fingerprint density at radius 3 is 2.56 bits per heavy atom. The summed E-state index contributed by atoms with van der Waals surface area (Å²) in [6.45, 7) is 3.92. The number of ether oxygens (including phenoxy) is 1. The van der Waals surface area contributed by atoms with Gasteiger partial charge in [-0.2, -0.15) is 0 Å². The zero-order valence-corrected chi connectivity index (χ0v) is 11.6. The SMILES string of the molecule is CCN(C)CC(=O)N(C)Cc1ccccc1OC. The standard InChI is InChI=1S/C14H22N2O2/c1-5-15(2)11-14(17)16(3)10-12-8-6-7-9-13(12)18-4/h6-9H,5,10-11H2,1-4H3. The lowest BCUT2D eigenvalue weighted by molar-refractivity contribution is -0.131. The van der Waals surface area contributed by atoms with Crippen LogP contribution in [0, 0.1) is 0 Å². The van der Waals surface area contributed by atoms with E-state index in [0.717, 1.165) is 17.9 Å². The Kier molecular flexibility index (Phi) is 5.65. The summed E-state index contributed by atoms with van der Waals surface area (Å²) in [4.78, 5) is 15.7. The number of likely N-dealkylation sites (N-methyl/N-ethyl adjacent to an activating group) is 2. The van der Waals surface area contributed by atoms with Gasteiger partial charge in [-0.05, 0) is 19.7 Å². The lowest BCUT2D eigenvalue weighted by atomic mass is 10.2. The molecule has 0 saturated heterocycles.